The number of halogens is 1. The van der Waals surface area contributed by atoms with Crippen molar-refractivity contribution in [3.8, 4) is 28.0 Å². The number of hydrogen-bond acceptors (Lipinski definition) is 4. The van der Waals surface area contributed by atoms with Crippen LogP contribution in [0.1, 0.15) is 54.1 Å². The van der Waals surface area contributed by atoms with Crippen LogP contribution in [-0.2, 0) is 0 Å². The molecule has 1 fully saturated rings. The molecule has 0 radical (unpaired) electrons. The molecule has 0 atom stereocenters. The first-order chi connectivity index (χ1) is 16.1. The van der Waals surface area contributed by atoms with Crippen molar-refractivity contribution in [2.24, 2.45) is 0 Å². The number of hydrogen-bond donors (Lipinski definition) is 1. The summed E-state index contributed by atoms with van der Waals surface area (Å²) in [6.07, 6.45) is 8.71. The molecule has 1 N–H and O–H groups in total. The third kappa shape index (κ3) is 3.84. The number of nitrogens with zero attached hydrogens (tertiary/aromatic N) is 3. The fourth-order valence-corrected chi connectivity index (χ4v) is 4.78. The van der Waals surface area contributed by atoms with E-state index in [1.54, 1.807) is 16.8 Å². The zero-order valence-corrected chi connectivity index (χ0v) is 18.3. The number of carbonyl (C=O) groups is 1. The van der Waals surface area contributed by atoms with Gasteiger partial charge in [0.25, 0.3) is 0 Å². The molecule has 1 saturated carbocycles. The van der Waals surface area contributed by atoms with Gasteiger partial charge in [0, 0.05) is 17.7 Å². The van der Waals surface area contributed by atoms with Crippen LogP contribution in [0.5, 0.6) is 5.75 Å². The van der Waals surface area contributed by atoms with Gasteiger partial charge in [-0.2, -0.15) is 5.10 Å². The van der Waals surface area contributed by atoms with E-state index in [1.165, 1.54) is 25.8 Å². The van der Waals surface area contributed by atoms with Gasteiger partial charge in [-0.1, -0.05) is 49.6 Å². The quantitative estimate of drug-likeness (QED) is 0.410. The second-order valence-electron chi connectivity index (χ2n) is 8.42. The average molecular weight is 445 g/mol. The fraction of sp³-hybridized carbons (Fsp3) is 0.269. The highest BCUT2D eigenvalue weighted by Crippen LogP contribution is 2.39. The maximum Gasteiger partial charge on any atom is 0.341 e. The van der Waals surface area contributed by atoms with Gasteiger partial charge in [0.1, 0.15) is 5.56 Å². The van der Waals surface area contributed by atoms with Crippen molar-refractivity contribution in [3.05, 3.63) is 71.9 Å². The first kappa shape index (κ1) is 21.1. The minimum absolute atomic E-state index is 0.107. The van der Waals surface area contributed by atoms with E-state index in [-0.39, 0.29) is 17.2 Å². The van der Waals surface area contributed by atoms with E-state index < -0.39 is 11.8 Å². The summed E-state index contributed by atoms with van der Waals surface area (Å²) in [5.41, 5.74) is 5.06. The highest BCUT2D eigenvalue weighted by Gasteiger charge is 2.25. The molecular formula is C26H24FN3O3. The molecule has 2 heterocycles. The molecule has 0 bridgehead atoms. The molecule has 4 aromatic rings. The van der Waals surface area contributed by atoms with Crippen LogP contribution in [0.3, 0.4) is 0 Å². The van der Waals surface area contributed by atoms with E-state index in [0.717, 1.165) is 53.6 Å². The van der Waals surface area contributed by atoms with Crippen molar-refractivity contribution in [1.29, 1.82) is 0 Å². The van der Waals surface area contributed by atoms with Crippen LogP contribution in [0.25, 0.3) is 27.9 Å². The summed E-state index contributed by atoms with van der Waals surface area (Å²) in [7, 11) is 1.45. The summed E-state index contributed by atoms with van der Waals surface area (Å²) in [5.74, 6) is -0.930. The number of ether oxygens (including phenoxy) is 1. The van der Waals surface area contributed by atoms with E-state index >= 15 is 0 Å². The normalized spacial score (nSPS) is 14.5. The Labute approximate surface area is 190 Å². The lowest BCUT2D eigenvalue weighted by Crippen LogP contribution is -2.13. The molecule has 7 heteroatoms. The summed E-state index contributed by atoms with van der Waals surface area (Å²) < 4.78 is 20.9. The lowest BCUT2D eigenvalue weighted by molar-refractivity contribution is 0.0698. The highest BCUT2D eigenvalue weighted by molar-refractivity contribution is 5.94. The van der Waals surface area contributed by atoms with Crippen LogP contribution >= 0.6 is 0 Å². The first-order valence-electron chi connectivity index (χ1n) is 11.1. The number of fused-ring (bicyclic) bond motifs is 1. The van der Waals surface area contributed by atoms with Crippen LogP contribution < -0.4 is 4.74 Å². The SMILES string of the molecule is COc1ccc(-c2ccc(-c3cnc4c(C(=O)O)cnn4c3C3CCCCC3)cc2)cc1F. The molecule has 1 aliphatic rings. The van der Waals surface area contributed by atoms with Gasteiger partial charge >= 0.3 is 5.97 Å². The van der Waals surface area contributed by atoms with E-state index in [9.17, 15) is 14.3 Å². The smallest absolute Gasteiger partial charge is 0.341 e. The van der Waals surface area contributed by atoms with E-state index in [1.807, 2.05) is 30.3 Å². The predicted molar refractivity (Wildman–Crippen MR) is 123 cm³/mol. The predicted octanol–water partition coefficient (Wildman–Crippen LogP) is 5.96. The standard InChI is InChI=1S/C26H24FN3O3/c1-33-23-12-11-19(13-22(23)27)16-7-9-17(10-8-16)20-14-28-25-21(26(31)32)15-29-30(25)24(20)18-5-3-2-4-6-18/h7-15,18H,2-6H2,1H3,(H,31,32). The zero-order valence-electron chi connectivity index (χ0n) is 18.3. The number of aromatic carboxylic acids is 1. The van der Waals surface area contributed by atoms with Crippen LogP contribution in [0.15, 0.2) is 54.9 Å². The molecule has 0 unspecified atom stereocenters. The van der Waals surface area contributed by atoms with Crippen LogP contribution in [-0.4, -0.2) is 32.8 Å². The Kier molecular flexibility index (Phi) is 5.54. The Bertz CT molecular complexity index is 1320. The van der Waals surface area contributed by atoms with Crippen LogP contribution in [0.2, 0.25) is 0 Å². The van der Waals surface area contributed by atoms with Crippen molar-refractivity contribution in [1.82, 2.24) is 14.6 Å². The average Bonchev–Trinajstić information content (AvgIpc) is 3.29. The third-order valence-electron chi connectivity index (χ3n) is 6.47. The molecular weight excluding hydrogens is 421 g/mol. The number of carboxylic acid groups (broad SMARTS) is 1. The van der Waals surface area contributed by atoms with Crippen molar-refractivity contribution in [3.63, 3.8) is 0 Å². The van der Waals surface area contributed by atoms with Gasteiger partial charge in [-0.3, -0.25) is 0 Å². The number of methoxy groups -OCH3 is 1. The third-order valence-corrected chi connectivity index (χ3v) is 6.47. The molecule has 2 aromatic carbocycles. The monoisotopic (exact) mass is 445 g/mol. The summed E-state index contributed by atoms with van der Waals surface area (Å²) in [5, 5.41) is 13.9. The molecule has 168 valence electrons. The summed E-state index contributed by atoms with van der Waals surface area (Å²) in [6, 6.07) is 12.8. The lowest BCUT2D eigenvalue weighted by Gasteiger charge is -2.25. The van der Waals surface area contributed by atoms with Crippen LogP contribution in [0.4, 0.5) is 4.39 Å². The summed E-state index contributed by atoms with van der Waals surface area (Å²) >= 11 is 0. The minimum atomic E-state index is -1.03. The first-order valence-corrected chi connectivity index (χ1v) is 11.1. The van der Waals surface area contributed by atoms with Gasteiger partial charge in [0.2, 0.25) is 0 Å². The maximum absolute atomic E-state index is 14.2. The zero-order chi connectivity index (χ0) is 22.9. The molecule has 0 spiro atoms. The molecule has 0 saturated heterocycles. The second-order valence-corrected chi connectivity index (χ2v) is 8.42. The Balaban J connectivity index is 1.59. The van der Waals surface area contributed by atoms with Crippen molar-refractivity contribution in [2.45, 2.75) is 38.0 Å². The van der Waals surface area contributed by atoms with Gasteiger partial charge < -0.3 is 9.84 Å². The van der Waals surface area contributed by atoms with Gasteiger partial charge in [0.15, 0.2) is 17.2 Å². The molecule has 0 amide bonds. The number of benzene rings is 2. The minimum Gasteiger partial charge on any atom is -0.494 e. The summed E-state index contributed by atoms with van der Waals surface area (Å²) in [4.78, 5) is 16.1. The summed E-state index contributed by atoms with van der Waals surface area (Å²) in [6.45, 7) is 0. The molecule has 1 aliphatic carbocycles. The molecule has 33 heavy (non-hydrogen) atoms. The largest absolute Gasteiger partial charge is 0.494 e. The molecule has 2 aromatic heterocycles. The Morgan fingerprint density at radius 1 is 1.03 bits per heavy atom. The van der Waals surface area contributed by atoms with Gasteiger partial charge in [-0.15, -0.1) is 0 Å². The highest BCUT2D eigenvalue weighted by atomic mass is 19.1. The fourth-order valence-electron chi connectivity index (χ4n) is 4.78. The second kappa shape index (κ2) is 8.65. The van der Waals surface area contributed by atoms with Gasteiger partial charge in [0.05, 0.1) is 19.0 Å². The van der Waals surface area contributed by atoms with Gasteiger partial charge in [-0.25, -0.2) is 18.7 Å². The van der Waals surface area contributed by atoms with Crippen molar-refractivity contribution in [2.75, 3.05) is 7.11 Å². The molecule has 6 nitrogen and oxygen atoms in total. The van der Waals surface area contributed by atoms with Gasteiger partial charge in [-0.05, 0) is 41.7 Å². The van der Waals surface area contributed by atoms with E-state index in [4.69, 9.17) is 4.74 Å². The van der Waals surface area contributed by atoms with Crippen LogP contribution in [0, 0.1) is 5.82 Å². The number of aromatic nitrogens is 3. The molecule has 5 rings (SSSR count). The van der Waals surface area contributed by atoms with Crippen molar-refractivity contribution < 1.29 is 19.0 Å². The Morgan fingerprint density at radius 2 is 1.73 bits per heavy atom. The van der Waals surface area contributed by atoms with E-state index in [2.05, 4.69) is 10.1 Å². The topological polar surface area (TPSA) is 76.7 Å². The molecule has 0 aliphatic heterocycles. The Hall–Kier alpha value is -3.74. The number of carboxylic acids is 1. The Morgan fingerprint density at radius 3 is 2.39 bits per heavy atom. The maximum atomic E-state index is 14.2. The van der Waals surface area contributed by atoms with Crippen molar-refractivity contribution >= 4 is 11.6 Å². The lowest BCUT2D eigenvalue weighted by atomic mass is 9.84. The van der Waals surface area contributed by atoms with E-state index in [0.29, 0.717) is 5.65 Å². The number of rotatable bonds is 5.